The van der Waals surface area contributed by atoms with Crippen LogP contribution >= 0.6 is 23.2 Å². The van der Waals surface area contributed by atoms with Crippen molar-refractivity contribution in [3.05, 3.63) is 16.1 Å². The number of pyridine rings is 1. The molecule has 1 saturated carbocycles. The van der Waals surface area contributed by atoms with Crippen molar-refractivity contribution in [1.82, 2.24) is 4.98 Å². The van der Waals surface area contributed by atoms with Crippen molar-refractivity contribution < 1.29 is 4.74 Å². The summed E-state index contributed by atoms with van der Waals surface area (Å²) in [4.78, 5) is 4.20. The molecule has 4 nitrogen and oxygen atoms in total. The van der Waals surface area contributed by atoms with Gasteiger partial charge < -0.3 is 10.2 Å². The zero-order valence-electron chi connectivity index (χ0n) is 11.2. The topological polar surface area (TPSA) is 60.2 Å². The van der Waals surface area contributed by atoms with Crippen LogP contribution < -0.4 is 16.0 Å². The second-order valence-electron chi connectivity index (χ2n) is 5.73. The molecule has 0 amide bonds. The SMILES string of the molecule is CC1(C)CCC(Oc2nc(NN)c(Cl)cc2Cl)CC1. The third kappa shape index (κ3) is 3.65. The normalized spacial score (nSPS) is 19.2. The Morgan fingerprint density at radius 2 is 1.95 bits per heavy atom. The van der Waals surface area contributed by atoms with E-state index in [0.29, 0.717) is 27.2 Å². The van der Waals surface area contributed by atoms with E-state index in [9.17, 15) is 0 Å². The summed E-state index contributed by atoms with van der Waals surface area (Å²) in [6, 6.07) is 1.59. The predicted octanol–water partition coefficient (Wildman–Crippen LogP) is 4.02. The van der Waals surface area contributed by atoms with Crippen molar-refractivity contribution in [1.29, 1.82) is 0 Å². The van der Waals surface area contributed by atoms with E-state index in [1.165, 1.54) is 0 Å². The number of nitrogens with zero attached hydrogens (tertiary/aromatic N) is 1. The molecule has 0 saturated heterocycles. The Balaban J connectivity index is 2.07. The molecule has 19 heavy (non-hydrogen) atoms. The number of ether oxygens (including phenoxy) is 1. The maximum absolute atomic E-state index is 6.09. The van der Waals surface area contributed by atoms with Crippen molar-refractivity contribution in [3.8, 4) is 5.88 Å². The maximum atomic E-state index is 6.09. The lowest BCUT2D eigenvalue weighted by molar-refractivity contribution is 0.0951. The molecule has 106 valence electrons. The number of hydrogen-bond acceptors (Lipinski definition) is 4. The van der Waals surface area contributed by atoms with E-state index in [0.717, 1.165) is 25.7 Å². The first kappa shape index (κ1) is 14.7. The van der Waals surface area contributed by atoms with Crippen molar-refractivity contribution in [2.45, 2.75) is 45.6 Å². The van der Waals surface area contributed by atoms with Crippen LogP contribution in [0, 0.1) is 5.41 Å². The fourth-order valence-electron chi connectivity index (χ4n) is 2.28. The van der Waals surface area contributed by atoms with E-state index in [-0.39, 0.29) is 6.10 Å². The van der Waals surface area contributed by atoms with Gasteiger partial charge in [-0.2, -0.15) is 4.98 Å². The first-order valence-electron chi connectivity index (χ1n) is 6.40. The van der Waals surface area contributed by atoms with Gasteiger partial charge in [0.15, 0.2) is 5.82 Å². The minimum atomic E-state index is 0.157. The van der Waals surface area contributed by atoms with Gasteiger partial charge in [0.1, 0.15) is 11.1 Å². The van der Waals surface area contributed by atoms with Crippen LogP contribution in [0.4, 0.5) is 5.82 Å². The van der Waals surface area contributed by atoms with Crippen molar-refractivity contribution in [3.63, 3.8) is 0 Å². The van der Waals surface area contributed by atoms with Crippen LogP contribution in [0.25, 0.3) is 0 Å². The molecule has 0 bridgehead atoms. The zero-order valence-corrected chi connectivity index (χ0v) is 12.7. The highest BCUT2D eigenvalue weighted by Crippen LogP contribution is 2.38. The lowest BCUT2D eigenvalue weighted by atomic mass is 9.76. The van der Waals surface area contributed by atoms with Crippen molar-refractivity contribution in [2.24, 2.45) is 11.3 Å². The van der Waals surface area contributed by atoms with Gasteiger partial charge in [-0.15, -0.1) is 0 Å². The number of halogens is 2. The van der Waals surface area contributed by atoms with Crippen LogP contribution in [0.2, 0.25) is 10.0 Å². The molecule has 1 aromatic heterocycles. The Bertz CT molecular complexity index is 455. The largest absolute Gasteiger partial charge is 0.473 e. The highest BCUT2D eigenvalue weighted by atomic mass is 35.5. The second kappa shape index (κ2) is 5.73. The minimum Gasteiger partial charge on any atom is -0.473 e. The highest BCUT2D eigenvalue weighted by Gasteiger charge is 2.28. The quantitative estimate of drug-likeness (QED) is 0.654. The number of nitrogens with two attached hydrogens (primary N) is 1. The molecule has 0 spiro atoms. The van der Waals surface area contributed by atoms with E-state index in [2.05, 4.69) is 24.3 Å². The molecule has 1 aliphatic rings. The molecule has 0 atom stereocenters. The monoisotopic (exact) mass is 303 g/mol. The van der Waals surface area contributed by atoms with E-state index >= 15 is 0 Å². The molecule has 1 aromatic rings. The molecule has 6 heteroatoms. The molecule has 0 radical (unpaired) electrons. The van der Waals surface area contributed by atoms with Gasteiger partial charge in [0.2, 0.25) is 5.88 Å². The van der Waals surface area contributed by atoms with Gasteiger partial charge in [-0.3, -0.25) is 0 Å². The van der Waals surface area contributed by atoms with Crippen molar-refractivity contribution in [2.75, 3.05) is 5.43 Å². The summed E-state index contributed by atoms with van der Waals surface area (Å²) in [5.74, 6) is 6.11. The average molecular weight is 304 g/mol. The van der Waals surface area contributed by atoms with Gasteiger partial charge in [0.05, 0.1) is 5.02 Å². The number of hydrogen-bond donors (Lipinski definition) is 2. The van der Waals surface area contributed by atoms with Gasteiger partial charge in [0, 0.05) is 0 Å². The Morgan fingerprint density at radius 3 is 2.53 bits per heavy atom. The van der Waals surface area contributed by atoms with Crippen LogP contribution in [0.15, 0.2) is 6.07 Å². The Labute approximate surface area is 123 Å². The number of nitrogens with one attached hydrogen (secondary N) is 1. The third-order valence-corrected chi connectivity index (χ3v) is 4.16. The molecule has 1 aliphatic carbocycles. The van der Waals surface area contributed by atoms with E-state index in [1.807, 2.05) is 0 Å². The number of anilines is 1. The molecule has 0 aromatic carbocycles. The van der Waals surface area contributed by atoms with Crippen LogP contribution in [0.3, 0.4) is 0 Å². The number of hydrazine groups is 1. The smallest absolute Gasteiger partial charge is 0.234 e. The first-order valence-corrected chi connectivity index (χ1v) is 7.16. The average Bonchev–Trinajstić information content (AvgIpc) is 2.35. The molecule has 1 fully saturated rings. The van der Waals surface area contributed by atoms with Gasteiger partial charge in [-0.25, -0.2) is 5.84 Å². The molecule has 3 N–H and O–H groups in total. The third-order valence-electron chi connectivity index (χ3n) is 3.60. The van der Waals surface area contributed by atoms with Crippen LogP contribution in [0.1, 0.15) is 39.5 Å². The van der Waals surface area contributed by atoms with Crippen molar-refractivity contribution >= 4 is 29.0 Å². The lowest BCUT2D eigenvalue weighted by Gasteiger charge is -2.34. The highest BCUT2D eigenvalue weighted by molar-refractivity contribution is 6.36. The minimum absolute atomic E-state index is 0.157. The number of rotatable bonds is 3. The van der Waals surface area contributed by atoms with Gasteiger partial charge in [-0.05, 0) is 37.2 Å². The first-order chi connectivity index (χ1) is 8.91. The lowest BCUT2D eigenvalue weighted by Crippen LogP contribution is -2.28. The van der Waals surface area contributed by atoms with Crippen LogP contribution in [-0.2, 0) is 0 Å². The number of nitrogen functional groups attached to an aromatic ring is 1. The standard InChI is InChI=1S/C13H19Cl2N3O/c1-13(2)5-3-8(4-6-13)19-12-10(15)7-9(14)11(17-12)18-16/h7-8H,3-6,16H2,1-2H3,(H,17,18). The van der Waals surface area contributed by atoms with Crippen LogP contribution in [-0.4, -0.2) is 11.1 Å². The van der Waals surface area contributed by atoms with E-state index in [4.69, 9.17) is 33.8 Å². The number of aromatic nitrogens is 1. The summed E-state index contributed by atoms with van der Waals surface area (Å²) in [5.41, 5.74) is 2.84. The van der Waals surface area contributed by atoms with Crippen LogP contribution in [0.5, 0.6) is 5.88 Å². The molecule has 1 heterocycles. The summed E-state index contributed by atoms with van der Waals surface area (Å²) in [6.45, 7) is 4.57. The summed E-state index contributed by atoms with van der Waals surface area (Å²) in [7, 11) is 0. The summed E-state index contributed by atoms with van der Waals surface area (Å²) >= 11 is 12.0. The van der Waals surface area contributed by atoms with Gasteiger partial charge in [0.25, 0.3) is 0 Å². The molecular formula is C13H19Cl2N3O. The Morgan fingerprint density at radius 1 is 1.32 bits per heavy atom. The predicted molar refractivity (Wildman–Crippen MR) is 78.7 cm³/mol. The summed E-state index contributed by atoms with van der Waals surface area (Å²) in [6.07, 6.45) is 4.47. The van der Waals surface area contributed by atoms with E-state index < -0.39 is 0 Å². The van der Waals surface area contributed by atoms with Gasteiger partial charge >= 0.3 is 0 Å². The van der Waals surface area contributed by atoms with Gasteiger partial charge in [-0.1, -0.05) is 37.0 Å². The zero-order chi connectivity index (χ0) is 14.0. The molecule has 0 unspecified atom stereocenters. The van der Waals surface area contributed by atoms with E-state index in [1.54, 1.807) is 6.07 Å². The molecule has 0 aliphatic heterocycles. The Hall–Kier alpha value is -0.710. The Kier molecular flexibility index (Phi) is 4.43. The molecule has 2 rings (SSSR count). The molecular weight excluding hydrogens is 285 g/mol. The summed E-state index contributed by atoms with van der Waals surface area (Å²) in [5, 5.41) is 0.790. The fourth-order valence-corrected chi connectivity index (χ4v) is 2.74. The maximum Gasteiger partial charge on any atom is 0.234 e. The second-order valence-corrected chi connectivity index (χ2v) is 6.55. The summed E-state index contributed by atoms with van der Waals surface area (Å²) < 4.78 is 5.88. The fraction of sp³-hybridized carbons (Fsp3) is 0.615.